The summed E-state index contributed by atoms with van der Waals surface area (Å²) in [5, 5.41) is 1.50. The lowest BCUT2D eigenvalue weighted by atomic mass is 10.1. The summed E-state index contributed by atoms with van der Waals surface area (Å²) in [6.45, 7) is 0. The number of hydrogen-bond donors (Lipinski definition) is 0. The molecule has 2 amide bonds. The van der Waals surface area contributed by atoms with Crippen molar-refractivity contribution in [3.63, 3.8) is 0 Å². The van der Waals surface area contributed by atoms with Crippen molar-refractivity contribution in [1.82, 2.24) is 9.27 Å². The zero-order valence-corrected chi connectivity index (χ0v) is 12.5. The summed E-state index contributed by atoms with van der Waals surface area (Å²) in [6, 6.07) is 9.29. The van der Waals surface area contributed by atoms with Crippen molar-refractivity contribution in [2.75, 3.05) is 26.0 Å². The highest BCUT2D eigenvalue weighted by Gasteiger charge is 2.16. The Morgan fingerprint density at radius 3 is 2.42 bits per heavy atom. The van der Waals surface area contributed by atoms with E-state index in [0.717, 1.165) is 16.3 Å². The number of amides is 2. The van der Waals surface area contributed by atoms with Crippen molar-refractivity contribution >= 4 is 34.2 Å². The number of carbonyl (C=O) groups is 1. The Bertz CT molecular complexity index is 580. The molecule has 0 radical (unpaired) electrons. The molecule has 4 nitrogen and oxygen atoms in total. The number of carbonyl (C=O) groups excluding carboxylic acids is 1. The van der Waals surface area contributed by atoms with Crippen LogP contribution in [0.25, 0.3) is 11.3 Å². The molecule has 0 aliphatic rings. The fourth-order valence-corrected chi connectivity index (χ4v) is 2.42. The van der Waals surface area contributed by atoms with Crippen LogP contribution in [0.5, 0.6) is 0 Å². The maximum absolute atomic E-state index is 11.8. The van der Waals surface area contributed by atoms with Gasteiger partial charge in [0.05, 0.1) is 5.69 Å². The van der Waals surface area contributed by atoms with Crippen molar-refractivity contribution in [2.45, 2.75) is 0 Å². The summed E-state index contributed by atoms with van der Waals surface area (Å²) in [7, 11) is 5.18. The average molecular weight is 296 g/mol. The van der Waals surface area contributed by atoms with Gasteiger partial charge in [-0.3, -0.25) is 4.90 Å². The summed E-state index contributed by atoms with van der Waals surface area (Å²) in [6.07, 6.45) is 0. The Labute approximate surface area is 121 Å². The largest absolute Gasteiger partial charge is 0.330 e. The first kappa shape index (κ1) is 13.8. The topological polar surface area (TPSA) is 36.4 Å². The molecule has 100 valence electrons. The predicted molar refractivity (Wildman–Crippen MR) is 80.0 cm³/mol. The van der Waals surface area contributed by atoms with E-state index in [-0.39, 0.29) is 6.03 Å². The second kappa shape index (κ2) is 5.59. The lowest BCUT2D eigenvalue weighted by Gasteiger charge is -2.19. The van der Waals surface area contributed by atoms with Crippen LogP contribution >= 0.6 is 23.1 Å². The number of anilines is 1. The van der Waals surface area contributed by atoms with Crippen LogP contribution in [-0.2, 0) is 0 Å². The smallest absolute Gasteiger partial charge is 0.324 e. The molecule has 1 aromatic carbocycles. The first-order valence-electron chi connectivity index (χ1n) is 5.66. The third-order valence-corrected chi connectivity index (χ3v) is 3.76. The Kier molecular flexibility index (Phi) is 4.07. The van der Waals surface area contributed by atoms with Crippen LogP contribution in [0.1, 0.15) is 0 Å². The molecule has 0 saturated carbocycles. The fraction of sp³-hybridized carbons (Fsp3) is 0.231. The van der Waals surface area contributed by atoms with Gasteiger partial charge in [-0.25, -0.2) is 4.79 Å². The number of nitrogens with zero attached hydrogens (tertiary/aromatic N) is 3. The third kappa shape index (κ3) is 3.05. The Hall–Kier alpha value is -1.59. The summed E-state index contributed by atoms with van der Waals surface area (Å²) in [5.74, 6) is 0. The first-order valence-corrected chi connectivity index (χ1v) is 6.82. The van der Waals surface area contributed by atoms with Gasteiger partial charge in [-0.2, -0.15) is 4.37 Å². The highest BCUT2D eigenvalue weighted by atomic mass is 35.5. The molecule has 0 aliphatic carbocycles. The van der Waals surface area contributed by atoms with Crippen LogP contribution in [0, 0.1) is 0 Å². The van der Waals surface area contributed by atoms with Crippen LogP contribution < -0.4 is 4.90 Å². The zero-order chi connectivity index (χ0) is 14.0. The molecule has 0 fully saturated rings. The quantitative estimate of drug-likeness (QED) is 0.849. The van der Waals surface area contributed by atoms with Gasteiger partial charge in [0.1, 0.15) is 5.00 Å². The van der Waals surface area contributed by atoms with E-state index >= 15 is 0 Å². The van der Waals surface area contributed by atoms with Gasteiger partial charge in [-0.1, -0.05) is 23.7 Å². The van der Waals surface area contributed by atoms with Crippen molar-refractivity contribution in [3.8, 4) is 11.3 Å². The van der Waals surface area contributed by atoms with Crippen molar-refractivity contribution in [2.24, 2.45) is 0 Å². The molecule has 2 aromatic rings. The van der Waals surface area contributed by atoms with Crippen LogP contribution in [0.2, 0.25) is 5.02 Å². The summed E-state index contributed by atoms with van der Waals surface area (Å²) in [5.41, 5.74) is 1.83. The van der Waals surface area contributed by atoms with E-state index in [1.165, 1.54) is 16.4 Å². The number of aromatic nitrogens is 1. The van der Waals surface area contributed by atoms with Crippen molar-refractivity contribution in [3.05, 3.63) is 35.4 Å². The van der Waals surface area contributed by atoms with E-state index in [2.05, 4.69) is 4.37 Å². The standard InChI is InChI=1S/C13H14ClN3OS/c1-16(2)13(18)17(3)12-8-11(15-19-12)9-4-6-10(14)7-5-9/h4-8H,1-3H3. The van der Waals surface area contributed by atoms with E-state index in [0.29, 0.717) is 5.02 Å². The Morgan fingerprint density at radius 1 is 1.21 bits per heavy atom. The lowest BCUT2D eigenvalue weighted by Crippen LogP contribution is -2.35. The SMILES string of the molecule is CN(C)C(=O)N(C)c1cc(-c2ccc(Cl)cc2)ns1. The molecule has 2 rings (SSSR count). The molecule has 0 saturated heterocycles. The van der Waals surface area contributed by atoms with E-state index < -0.39 is 0 Å². The summed E-state index contributed by atoms with van der Waals surface area (Å²) < 4.78 is 4.37. The maximum atomic E-state index is 11.8. The number of rotatable bonds is 2. The molecule has 0 spiro atoms. The molecule has 0 N–H and O–H groups in total. The molecule has 0 atom stereocenters. The monoisotopic (exact) mass is 295 g/mol. The van der Waals surface area contributed by atoms with E-state index in [4.69, 9.17) is 11.6 Å². The molecule has 1 aromatic heterocycles. The molecule has 19 heavy (non-hydrogen) atoms. The molecular formula is C13H14ClN3OS. The molecular weight excluding hydrogens is 282 g/mol. The van der Waals surface area contributed by atoms with Gasteiger partial charge < -0.3 is 4.90 Å². The maximum Gasteiger partial charge on any atom is 0.324 e. The van der Waals surface area contributed by atoms with Crippen LogP contribution in [-0.4, -0.2) is 36.4 Å². The van der Waals surface area contributed by atoms with Gasteiger partial charge in [0.15, 0.2) is 0 Å². The average Bonchev–Trinajstić information content (AvgIpc) is 2.87. The highest BCUT2D eigenvalue weighted by molar-refractivity contribution is 7.10. The van der Waals surface area contributed by atoms with Crippen LogP contribution in [0.15, 0.2) is 30.3 Å². The number of urea groups is 1. The zero-order valence-electron chi connectivity index (χ0n) is 10.9. The number of halogens is 1. The molecule has 0 aliphatic heterocycles. The second-order valence-electron chi connectivity index (χ2n) is 4.29. The van der Waals surface area contributed by atoms with Crippen molar-refractivity contribution in [1.29, 1.82) is 0 Å². The number of hydrogen-bond acceptors (Lipinski definition) is 3. The third-order valence-electron chi connectivity index (χ3n) is 2.64. The van der Waals surface area contributed by atoms with Gasteiger partial charge >= 0.3 is 6.03 Å². The van der Waals surface area contributed by atoms with Crippen LogP contribution in [0.4, 0.5) is 9.80 Å². The van der Waals surface area contributed by atoms with E-state index in [9.17, 15) is 4.79 Å². The predicted octanol–water partition coefficient (Wildman–Crippen LogP) is 3.58. The van der Waals surface area contributed by atoms with Gasteiger partial charge in [0.25, 0.3) is 0 Å². The first-order chi connectivity index (χ1) is 8.99. The van der Waals surface area contributed by atoms with Crippen molar-refractivity contribution < 1.29 is 4.79 Å². The van der Waals surface area contributed by atoms with Crippen LogP contribution in [0.3, 0.4) is 0 Å². The summed E-state index contributed by atoms with van der Waals surface area (Å²) in [4.78, 5) is 15.0. The normalized spacial score (nSPS) is 10.3. The fourth-order valence-electron chi connectivity index (χ4n) is 1.57. The van der Waals surface area contributed by atoms with Gasteiger partial charge in [0, 0.05) is 37.8 Å². The van der Waals surface area contributed by atoms with Gasteiger partial charge in [-0.05, 0) is 23.7 Å². The minimum Gasteiger partial charge on any atom is -0.330 e. The molecule has 6 heteroatoms. The van der Waals surface area contributed by atoms with E-state index in [1.807, 2.05) is 30.3 Å². The minimum atomic E-state index is -0.0775. The van der Waals surface area contributed by atoms with Gasteiger partial charge in [0.2, 0.25) is 0 Å². The number of benzene rings is 1. The Balaban J connectivity index is 2.24. The minimum absolute atomic E-state index is 0.0775. The lowest BCUT2D eigenvalue weighted by molar-refractivity contribution is 0.225. The highest BCUT2D eigenvalue weighted by Crippen LogP contribution is 2.28. The Morgan fingerprint density at radius 2 is 1.84 bits per heavy atom. The van der Waals surface area contributed by atoms with E-state index in [1.54, 1.807) is 26.0 Å². The molecule has 1 heterocycles. The van der Waals surface area contributed by atoms with Gasteiger partial charge in [-0.15, -0.1) is 0 Å². The molecule has 0 bridgehead atoms. The molecule has 0 unspecified atom stereocenters. The second-order valence-corrected chi connectivity index (χ2v) is 5.51. The summed E-state index contributed by atoms with van der Waals surface area (Å²) >= 11 is 7.15.